The zero-order valence-electron chi connectivity index (χ0n) is 37.6. The predicted octanol–water partition coefficient (Wildman–Crippen LogP) is 4.01. The molecular weight excluding hydrogens is 867 g/mol. The van der Waals surface area contributed by atoms with Crippen molar-refractivity contribution in [3.63, 3.8) is 0 Å². The number of anilines is 3. The monoisotopic (exact) mass is 919 g/mol. The topological polar surface area (TPSA) is 204 Å². The van der Waals surface area contributed by atoms with Gasteiger partial charge in [-0.25, -0.2) is 15.0 Å². The Morgan fingerprint density at radius 3 is 2.31 bits per heavy atom. The summed E-state index contributed by atoms with van der Waals surface area (Å²) in [4.78, 5) is 97.7. The lowest BCUT2D eigenvalue weighted by Gasteiger charge is -2.56. The Balaban J connectivity index is 0.604. The van der Waals surface area contributed by atoms with Crippen LogP contribution in [0.4, 0.5) is 17.2 Å². The Labute approximate surface area is 392 Å². The number of fused-ring (bicyclic) bond motifs is 2. The van der Waals surface area contributed by atoms with E-state index >= 15 is 0 Å². The zero-order valence-corrected chi connectivity index (χ0v) is 37.6. The summed E-state index contributed by atoms with van der Waals surface area (Å²) in [5, 5.41) is 8.82. The van der Waals surface area contributed by atoms with Crippen molar-refractivity contribution in [2.24, 2.45) is 5.41 Å². The second-order valence-corrected chi connectivity index (χ2v) is 19.2. The van der Waals surface area contributed by atoms with Crippen molar-refractivity contribution < 1.29 is 33.5 Å². The van der Waals surface area contributed by atoms with Crippen LogP contribution in [0.3, 0.4) is 0 Å². The number of ether oxygens (including phenoxy) is 1. The summed E-state index contributed by atoms with van der Waals surface area (Å²) in [5.41, 5.74) is 5.14. The van der Waals surface area contributed by atoms with Gasteiger partial charge in [0.05, 0.1) is 23.9 Å². The van der Waals surface area contributed by atoms with Crippen LogP contribution < -0.4 is 25.6 Å². The summed E-state index contributed by atoms with van der Waals surface area (Å²) in [6.45, 7) is 5.08. The number of benzene rings is 3. The average Bonchev–Trinajstić information content (AvgIpc) is 3.86. The summed E-state index contributed by atoms with van der Waals surface area (Å²) in [7, 11) is 0. The molecule has 2 aromatic heterocycles. The van der Waals surface area contributed by atoms with E-state index in [2.05, 4.69) is 69.5 Å². The molecule has 0 bridgehead atoms. The van der Waals surface area contributed by atoms with Crippen LogP contribution in [-0.2, 0) is 25.6 Å². The molecule has 2 aliphatic carbocycles. The summed E-state index contributed by atoms with van der Waals surface area (Å²) < 4.78 is 7.92. The van der Waals surface area contributed by atoms with E-state index in [1.54, 1.807) is 12.4 Å². The van der Waals surface area contributed by atoms with Gasteiger partial charge in [0.2, 0.25) is 17.7 Å². The van der Waals surface area contributed by atoms with E-state index in [-0.39, 0.29) is 59.9 Å². The number of hydrogen-bond acceptors (Lipinski definition) is 13. The molecule has 1 unspecified atom stereocenters. The minimum absolute atomic E-state index is 0.0415. The third-order valence-electron chi connectivity index (χ3n) is 15.1. The van der Waals surface area contributed by atoms with E-state index in [9.17, 15) is 28.8 Å². The molecule has 3 N–H and O–H groups in total. The van der Waals surface area contributed by atoms with Crippen LogP contribution in [-0.4, -0.2) is 134 Å². The molecule has 1 atom stereocenters. The first kappa shape index (κ1) is 43.4. The van der Waals surface area contributed by atoms with E-state index in [0.29, 0.717) is 42.6 Å². The van der Waals surface area contributed by atoms with Crippen LogP contribution in [0.2, 0.25) is 0 Å². The molecule has 5 aromatic rings. The molecule has 1 spiro atoms. The molecule has 18 nitrogen and oxygen atoms in total. The molecular formula is C50H53N11O7. The second-order valence-electron chi connectivity index (χ2n) is 19.2. The smallest absolute Gasteiger partial charge is 0.262 e. The Kier molecular flexibility index (Phi) is 11.3. The van der Waals surface area contributed by atoms with Gasteiger partial charge in [0.15, 0.2) is 23.6 Å². The van der Waals surface area contributed by atoms with Crippen LogP contribution in [0.15, 0.2) is 85.5 Å². The lowest BCUT2D eigenvalue weighted by Crippen LogP contribution is -2.59. The Bertz CT molecular complexity index is 2790. The lowest BCUT2D eigenvalue weighted by atomic mass is 9.60. The van der Waals surface area contributed by atoms with Gasteiger partial charge in [-0.3, -0.25) is 43.9 Å². The van der Waals surface area contributed by atoms with Gasteiger partial charge >= 0.3 is 0 Å². The van der Waals surface area contributed by atoms with E-state index in [1.807, 2.05) is 41.6 Å². The maximum Gasteiger partial charge on any atom is 0.262 e. The van der Waals surface area contributed by atoms with E-state index in [1.165, 1.54) is 17.8 Å². The molecule has 2 saturated carbocycles. The van der Waals surface area contributed by atoms with Gasteiger partial charge in [-0.2, -0.15) is 0 Å². The highest BCUT2D eigenvalue weighted by Gasteiger charge is 2.49. The SMILES string of the molecule is O=C1CCC(N2C(=O)c3ccc(OCC(=O)N4CCC5(CC4)CC(N4CCN(c6ccc(Nc7ncnc8c7ncn8C7CC(NC(=O)Cc8ccccc8)C7)cc6)CC4)C5)cc3C2=O)C(=O)N1. The number of imide groups is 2. The quantitative estimate of drug-likeness (QED) is 0.152. The van der Waals surface area contributed by atoms with Crippen LogP contribution >= 0.6 is 0 Å². The molecule has 0 radical (unpaired) electrons. The molecule has 6 amide bonds. The Hall–Kier alpha value is -7.21. The van der Waals surface area contributed by atoms with Gasteiger partial charge < -0.3 is 29.7 Å². The van der Waals surface area contributed by atoms with Crippen molar-refractivity contribution in [1.82, 2.24) is 44.9 Å². The number of carbonyl (C=O) groups is 6. The van der Waals surface area contributed by atoms with Crippen LogP contribution in [0, 0.1) is 5.41 Å². The minimum Gasteiger partial charge on any atom is -0.484 e. The maximum absolute atomic E-state index is 13.2. The minimum atomic E-state index is -1.05. The molecule has 3 saturated heterocycles. The standard InChI is InChI=1S/C50H53N11O7/c62-41-13-12-40(47(65)56-41)61-48(66)38-11-10-37(25-39(38)49(61)67)68-28-43(64)59-16-14-50(15-17-59)26-36(27-50)58-20-18-57(19-21-58)34-8-6-32(7-9-34)55-45-44-46(52-29-51-45)60(30-53-44)35-23-33(24-35)54-42(63)22-31-4-2-1-3-5-31/h1-11,25,29-30,33,35-36,40H,12-24,26-28H2,(H,54,63)(H,51,52,55)(H,56,62,65). The number of imidazole rings is 1. The van der Waals surface area contributed by atoms with E-state index in [4.69, 9.17) is 4.74 Å². The summed E-state index contributed by atoms with van der Waals surface area (Å²) in [5.74, 6) is -1.43. The van der Waals surface area contributed by atoms with Crippen LogP contribution in [0.25, 0.3) is 11.2 Å². The number of rotatable bonds is 12. The first-order chi connectivity index (χ1) is 33.1. The number of piperidine rings is 2. The summed E-state index contributed by atoms with van der Waals surface area (Å²) in [6, 6.07) is 22.6. The molecule has 68 heavy (non-hydrogen) atoms. The second kappa shape index (κ2) is 17.8. The Morgan fingerprint density at radius 1 is 0.809 bits per heavy atom. The van der Waals surface area contributed by atoms with Crippen molar-refractivity contribution in [3.8, 4) is 5.75 Å². The number of aromatic nitrogens is 4. The van der Waals surface area contributed by atoms with Gasteiger partial charge in [0.1, 0.15) is 18.1 Å². The van der Waals surface area contributed by atoms with Crippen LogP contribution in [0.1, 0.15) is 83.7 Å². The number of amides is 6. The highest BCUT2D eigenvalue weighted by Crippen LogP contribution is 2.51. The third kappa shape index (κ3) is 8.41. The van der Waals surface area contributed by atoms with Crippen molar-refractivity contribution in [3.05, 3.63) is 102 Å². The van der Waals surface area contributed by atoms with Crippen molar-refractivity contribution in [2.75, 3.05) is 56.1 Å². The number of nitrogens with zero attached hydrogens (tertiary/aromatic N) is 8. The molecule has 5 fully saturated rings. The summed E-state index contributed by atoms with van der Waals surface area (Å²) >= 11 is 0. The van der Waals surface area contributed by atoms with Gasteiger partial charge in [-0.1, -0.05) is 30.3 Å². The highest BCUT2D eigenvalue weighted by molar-refractivity contribution is 6.23. The number of likely N-dealkylation sites (tertiary alicyclic amines) is 1. The van der Waals surface area contributed by atoms with Gasteiger partial charge in [-0.15, -0.1) is 0 Å². The number of carbonyl (C=O) groups excluding carboxylic acids is 6. The summed E-state index contributed by atoms with van der Waals surface area (Å²) in [6.07, 6.45) is 9.77. The van der Waals surface area contributed by atoms with Crippen LogP contribution in [0.5, 0.6) is 5.75 Å². The molecule has 4 aliphatic heterocycles. The van der Waals surface area contributed by atoms with Crippen molar-refractivity contribution in [1.29, 1.82) is 0 Å². The Morgan fingerprint density at radius 2 is 1.56 bits per heavy atom. The molecule has 6 aliphatic rings. The van der Waals surface area contributed by atoms with E-state index < -0.39 is 29.7 Å². The number of piperazine rings is 1. The lowest BCUT2D eigenvalue weighted by molar-refractivity contribution is -0.138. The molecule has 11 rings (SSSR count). The zero-order chi connectivity index (χ0) is 46.5. The number of nitrogens with one attached hydrogen (secondary N) is 3. The molecule has 6 heterocycles. The fraction of sp³-hybridized carbons (Fsp3) is 0.420. The number of hydrogen-bond donors (Lipinski definition) is 3. The largest absolute Gasteiger partial charge is 0.484 e. The normalized spacial score (nSPS) is 22.7. The van der Waals surface area contributed by atoms with Crippen molar-refractivity contribution >= 4 is 63.8 Å². The first-order valence-electron chi connectivity index (χ1n) is 23.7. The third-order valence-corrected chi connectivity index (χ3v) is 15.1. The first-order valence-corrected chi connectivity index (χ1v) is 23.7. The van der Waals surface area contributed by atoms with Crippen molar-refractivity contribution in [2.45, 2.75) is 82.0 Å². The predicted molar refractivity (Wildman–Crippen MR) is 249 cm³/mol. The average molecular weight is 920 g/mol. The van der Waals surface area contributed by atoms with Gasteiger partial charge in [0, 0.05) is 75.2 Å². The molecule has 18 heteroatoms. The van der Waals surface area contributed by atoms with E-state index in [0.717, 1.165) is 86.5 Å². The highest BCUT2D eigenvalue weighted by atomic mass is 16.5. The molecule has 3 aromatic carbocycles. The van der Waals surface area contributed by atoms with Gasteiger partial charge in [-0.05, 0) is 98.4 Å². The maximum atomic E-state index is 13.2. The molecule has 350 valence electrons. The fourth-order valence-corrected chi connectivity index (χ4v) is 11.1. The van der Waals surface area contributed by atoms with Gasteiger partial charge in [0.25, 0.3) is 17.7 Å². The fourth-order valence-electron chi connectivity index (χ4n) is 11.1.